The summed E-state index contributed by atoms with van der Waals surface area (Å²) in [6.07, 6.45) is 0.458. The van der Waals surface area contributed by atoms with Crippen molar-refractivity contribution in [3.05, 3.63) is 59.1 Å². The first-order valence-electron chi connectivity index (χ1n) is 6.96. The standard InChI is InChI=1S/C17H18ClNO2S/c1-21-14-6-4-5-13(11-14)12-19-17(20)9-10-22-16-8-3-2-7-15(16)18/h2-8,11H,9-10,12H2,1H3,(H,19,20). The van der Waals surface area contributed by atoms with E-state index in [0.29, 0.717) is 18.7 Å². The second kappa shape index (κ2) is 8.71. The summed E-state index contributed by atoms with van der Waals surface area (Å²) >= 11 is 7.67. The maximum absolute atomic E-state index is 11.9. The SMILES string of the molecule is COc1cccc(CNC(=O)CCSc2ccccc2Cl)c1. The molecule has 2 aromatic rings. The fourth-order valence-corrected chi connectivity index (χ4v) is 3.07. The molecule has 0 aliphatic rings. The van der Waals surface area contributed by atoms with Gasteiger partial charge in [-0.05, 0) is 29.8 Å². The molecule has 0 spiro atoms. The van der Waals surface area contributed by atoms with Crippen LogP contribution in [-0.2, 0) is 11.3 Å². The lowest BCUT2D eigenvalue weighted by Crippen LogP contribution is -2.22. The molecule has 0 fully saturated rings. The Balaban J connectivity index is 1.73. The van der Waals surface area contributed by atoms with Crippen molar-refractivity contribution in [2.45, 2.75) is 17.9 Å². The second-order valence-corrected chi connectivity index (χ2v) is 6.20. The highest BCUT2D eigenvalue weighted by Crippen LogP contribution is 2.26. The Morgan fingerprint density at radius 1 is 1.23 bits per heavy atom. The van der Waals surface area contributed by atoms with Gasteiger partial charge >= 0.3 is 0 Å². The van der Waals surface area contributed by atoms with Crippen molar-refractivity contribution in [2.24, 2.45) is 0 Å². The number of carbonyl (C=O) groups excluding carboxylic acids is 1. The maximum atomic E-state index is 11.9. The average molecular weight is 336 g/mol. The topological polar surface area (TPSA) is 38.3 Å². The van der Waals surface area contributed by atoms with Crippen LogP contribution in [0.5, 0.6) is 5.75 Å². The molecule has 0 atom stereocenters. The number of carbonyl (C=O) groups is 1. The number of rotatable bonds is 7. The molecule has 0 bridgehead atoms. The van der Waals surface area contributed by atoms with E-state index in [2.05, 4.69) is 5.32 Å². The number of thioether (sulfide) groups is 1. The zero-order valence-corrected chi connectivity index (χ0v) is 13.9. The summed E-state index contributed by atoms with van der Waals surface area (Å²) in [5.41, 5.74) is 1.02. The largest absolute Gasteiger partial charge is 0.497 e. The average Bonchev–Trinajstić information content (AvgIpc) is 2.55. The van der Waals surface area contributed by atoms with Crippen LogP contribution in [0.15, 0.2) is 53.4 Å². The van der Waals surface area contributed by atoms with Gasteiger partial charge in [-0.2, -0.15) is 0 Å². The van der Waals surface area contributed by atoms with Gasteiger partial charge in [0.1, 0.15) is 5.75 Å². The predicted octanol–water partition coefficient (Wildman–Crippen LogP) is 4.15. The van der Waals surface area contributed by atoms with Crippen LogP contribution < -0.4 is 10.1 Å². The summed E-state index contributed by atoms with van der Waals surface area (Å²) < 4.78 is 5.16. The first-order chi connectivity index (χ1) is 10.7. The maximum Gasteiger partial charge on any atom is 0.221 e. The summed E-state index contributed by atoms with van der Waals surface area (Å²) in [6, 6.07) is 15.3. The van der Waals surface area contributed by atoms with E-state index >= 15 is 0 Å². The molecule has 0 aliphatic carbocycles. The van der Waals surface area contributed by atoms with Crippen LogP contribution in [0, 0.1) is 0 Å². The molecule has 22 heavy (non-hydrogen) atoms. The molecule has 0 heterocycles. The van der Waals surface area contributed by atoms with Crippen LogP contribution >= 0.6 is 23.4 Å². The van der Waals surface area contributed by atoms with Gasteiger partial charge in [0, 0.05) is 23.6 Å². The Hall–Kier alpha value is -1.65. The second-order valence-electron chi connectivity index (χ2n) is 4.66. The number of benzene rings is 2. The quantitative estimate of drug-likeness (QED) is 0.772. The molecule has 1 amide bonds. The van der Waals surface area contributed by atoms with E-state index in [0.717, 1.165) is 21.2 Å². The van der Waals surface area contributed by atoms with E-state index in [1.54, 1.807) is 18.9 Å². The first-order valence-corrected chi connectivity index (χ1v) is 8.32. The molecule has 0 saturated carbocycles. The number of amides is 1. The lowest BCUT2D eigenvalue weighted by molar-refractivity contribution is -0.120. The van der Waals surface area contributed by atoms with E-state index in [-0.39, 0.29) is 5.91 Å². The molecule has 2 rings (SSSR count). The van der Waals surface area contributed by atoms with Crippen molar-refractivity contribution in [1.82, 2.24) is 5.32 Å². The molecule has 0 radical (unpaired) electrons. The molecule has 0 unspecified atom stereocenters. The normalized spacial score (nSPS) is 10.3. The third kappa shape index (κ3) is 5.28. The molecule has 3 nitrogen and oxygen atoms in total. The van der Waals surface area contributed by atoms with Crippen molar-refractivity contribution < 1.29 is 9.53 Å². The minimum atomic E-state index is 0.0300. The third-order valence-corrected chi connectivity index (χ3v) is 4.56. The van der Waals surface area contributed by atoms with Crippen LogP contribution in [0.2, 0.25) is 5.02 Å². The van der Waals surface area contributed by atoms with Gasteiger partial charge in [-0.15, -0.1) is 11.8 Å². The van der Waals surface area contributed by atoms with Gasteiger partial charge in [0.05, 0.1) is 12.1 Å². The van der Waals surface area contributed by atoms with Crippen LogP contribution in [-0.4, -0.2) is 18.8 Å². The highest BCUT2D eigenvalue weighted by Gasteiger charge is 2.04. The van der Waals surface area contributed by atoms with Crippen molar-refractivity contribution in [3.63, 3.8) is 0 Å². The van der Waals surface area contributed by atoms with Crippen molar-refractivity contribution >= 4 is 29.3 Å². The van der Waals surface area contributed by atoms with Gasteiger partial charge in [0.15, 0.2) is 0 Å². The number of methoxy groups -OCH3 is 1. The summed E-state index contributed by atoms with van der Waals surface area (Å²) in [6.45, 7) is 0.507. The van der Waals surface area contributed by atoms with Gasteiger partial charge in [0.25, 0.3) is 0 Å². The van der Waals surface area contributed by atoms with Crippen molar-refractivity contribution in [1.29, 1.82) is 0 Å². The Kier molecular flexibility index (Phi) is 6.62. The van der Waals surface area contributed by atoms with Crippen LogP contribution in [0.25, 0.3) is 0 Å². The monoisotopic (exact) mass is 335 g/mol. The fourth-order valence-electron chi connectivity index (χ4n) is 1.89. The van der Waals surface area contributed by atoms with E-state index in [4.69, 9.17) is 16.3 Å². The third-order valence-electron chi connectivity index (χ3n) is 3.05. The number of nitrogens with one attached hydrogen (secondary N) is 1. The van der Waals surface area contributed by atoms with Crippen LogP contribution in [0.1, 0.15) is 12.0 Å². The van der Waals surface area contributed by atoms with Crippen molar-refractivity contribution in [3.8, 4) is 5.75 Å². The van der Waals surface area contributed by atoms with E-state index in [9.17, 15) is 4.79 Å². The zero-order valence-electron chi connectivity index (χ0n) is 12.3. The molecular weight excluding hydrogens is 318 g/mol. The molecule has 5 heteroatoms. The molecule has 0 aliphatic heterocycles. The number of ether oxygens (including phenoxy) is 1. The van der Waals surface area contributed by atoms with E-state index in [1.807, 2.05) is 48.5 Å². The van der Waals surface area contributed by atoms with E-state index in [1.165, 1.54) is 0 Å². The Labute approximate surface area is 140 Å². The molecule has 0 saturated heterocycles. The zero-order chi connectivity index (χ0) is 15.8. The highest BCUT2D eigenvalue weighted by molar-refractivity contribution is 7.99. The molecule has 1 N–H and O–H groups in total. The molecule has 116 valence electrons. The van der Waals surface area contributed by atoms with Crippen molar-refractivity contribution in [2.75, 3.05) is 12.9 Å². The lowest BCUT2D eigenvalue weighted by Gasteiger charge is -2.07. The van der Waals surface area contributed by atoms with Gasteiger partial charge in [-0.1, -0.05) is 35.9 Å². The van der Waals surface area contributed by atoms with E-state index < -0.39 is 0 Å². The number of hydrogen-bond donors (Lipinski definition) is 1. The fraction of sp³-hybridized carbons (Fsp3) is 0.235. The Morgan fingerprint density at radius 3 is 2.82 bits per heavy atom. The number of hydrogen-bond acceptors (Lipinski definition) is 3. The minimum Gasteiger partial charge on any atom is -0.497 e. The summed E-state index contributed by atoms with van der Waals surface area (Å²) in [4.78, 5) is 12.9. The van der Waals surface area contributed by atoms with Gasteiger partial charge in [-0.3, -0.25) is 4.79 Å². The Bertz CT molecular complexity index is 634. The predicted molar refractivity (Wildman–Crippen MR) is 91.6 cm³/mol. The van der Waals surface area contributed by atoms with Crippen LogP contribution in [0.4, 0.5) is 0 Å². The summed E-state index contributed by atoms with van der Waals surface area (Å²) in [5.74, 6) is 1.52. The first kappa shape index (κ1) is 16.7. The number of halogens is 1. The Morgan fingerprint density at radius 2 is 2.05 bits per heavy atom. The van der Waals surface area contributed by atoms with Gasteiger partial charge < -0.3 is 10.1 Å². The van der Waals surface area contributed by atoms with Gasteiger partial charge in [-0.25, -0.2) is 0 Å². The lowest BCUT2D eigenvalue weighted by atomic mass is 10.2. The smallest absolute Gasteiger partial charge is 0.221 e. The van der Waals surface area contributed by atoms with Gasteiger partial charge in [0.2, 0.25) is 5.91 Å². The molecule has 2 aromatic carbocycles. The molecule has 0 aromatic heterocycles. The minimum absolute atomic E-state index is 0.0300. The summed E-state index contributed by atoms with van der Waals surface area (Å²) in [7, 11) is 1.63. The summed E-state index contributed by atoms with van der Waals surface area (Å²) in [5, 5.41) is 3.64. The highest BCUT2D eigenvalue weighted by atomic mass is 35.5. The van der Waals surface area contributed by atoms with Crippen LogP contribution in [0.3, 0.4) is 0 Å². The molecular formula is C17H18ClNO2S.